The number of aliphatic imine (C=N–C) groups is 1. The Morgan fingerprint density at radius 3 is 2.54 bits per heavy atom. The first-order valence-corrected chi connectivity index (χ1v) is 7.95. The molecule has 0 aliphatic rings. The fraction of sp³-hybridized carbons (Fsp3) is 0.438. The van der Waals surface area contributed by atoms with Crippen LogP contribution in [0.4, 0.5) is 13.2 Å². The van der Waals surface area contributed by atoms with Crippen LogP contribution in [0.25, 0.3) is 0 Å². The van der Waals surface area contributed by atoms with Gasteiger partial charge in [-0.25, -0.2) is 4.99 Å². The summed E-state index contributed by atoms with van der Waals surface area (Å²) in [6, 6.07) is 6.31. The maximum atomic E-state index is 12.1. The molecule has 2 aromatic rings. The van der Waals surface area contributed by atoms with E-state index in [9.17, 15) is 13.2 Å². The number of hydrogen-bond donors (Lipinski definition) is 2. The molecule has 0 aliphatic carbocycles. The van der Waals surface area contributed by atoms with Crippen molar-refractivity contribution in [3.05, 3.63) is 41.5 Å². The van der Waals surface area contributed by atoms with E-state index in [-0.39, 0.29) is 5.75 Å². The summed E-state index contributed by atoms with van der Waals surface area (Å²) in [4.78, 5) is 8.50. The van der Waals surface area contributed by atoms with E-state index in [2.05, 4.69) is 30.5 Å². The molecule has 0 unspecified atom stereocenters. The molecule has 0 saturated carbocycles. The summed E-state index contributed by atoms with van der Waals surface area (Å²) in [5.74, 6) is 1.72. The van der Waals surface area contributed by atoms with Crippen molar-refractivity contribution in [2.75, 3.05) is 13.2 Å². The van der Waals surface area contributed by atoms with Gasteiger partial charge in [-0.2, -0.15) is 18.2 Å². The van der Waals surface area contributed by atoms with Crippen LogP contribution in [0, 0.1) is 6.92 Å². The summed E-state index contributed by atoms with van der Waals surface area (Å²) in [7, 11) is 0. The zero-order chi connectivity index (χ0) is 19.0. The number of alkyl halides is 3. The van der Waals surface area contributed by atoms with Gasteiger partial charge in [0, 0.05) is 13.5 Å². The summed E-state index contributed by atoms with van der Waals surface area (Å²) in [5.41, 5.74) is 0.831. The van der Waals surface area contributed by atoms with E-state index >= 15 is 0 Å². The lowest BCUT2D eigenvalue weighted by atomic mass is 10.2. The van der Waals surface area contributed by atoms with E-state index in [4.69, 9.17) is 4.52 Å². The van der Waals surface area contributed by atoms with Gasteiger partial charge in [0.1, 0.15) is 5.75 Å². The van der Waals surface area contributed by atoms with Crippen LogP contribution in [-0.2, 0) is 13.1 Å². The van der Waals surface area contributed by atoms with Crippen molar-refractivity contribution < 1.29 is 22.4 Å². The molecule has 1 aromatic heterocycles. The summed E-state index contributed by atoms with van der Waals surface area (Å²) in [6.07, 6.45) is -4.35. The van der Waals surface area contributed by atoms with Crippen molar-refractivity contribution in [2.45, 2.75) is 33.1 Å². The third kappa shape index (κ3) is 6.99. The second-order valence-corrected chi connectivity index (χ2v) is 5.33. The number of guanidine groups is 1. The SMILES string of the molecule is CCNC(=NCc1ccc(OCC(F)(F)F)cc1)NCc1noc(C)n1. The van der Waals surface area contributed by atoms with Crippen LogP contribution in [0.5, 0.6) is 5.75 Å². The molecule has 142 valence electrons. The van der Waals surface area contributed by atoms with Crippen LogP contribution in [-0.4, -0.2) is 35.4 Å². The summed E-state index contributed by atoms with van der Waals surface area (Å²) in [6.45, 7) is 3.70. The molecule has 0 amide bonds. The number of nitrogens with zero attached hydrogens (tertiary/aromatic N) is 3. The Kier molecular flexibility index (Phi) is 6.81. The highest BCUT2D eigenvalue weighted by Gasteiger charge is 2.28. The second-order valence-electron chi connectivity index (χ2n) is 5.33. The minimum absolute atomic E-state index is 0.160. The summed E-state index contributed by atoms with van der Waals surface area (Å²) < 4.78 is 45.9. The Bertz CT molecular complexity index is 713. The Balaban J connectivity index is 1.89. The van der Waals surface area contributed by atoms with Crippen molar-refractivity contribution in [3.8, 4) is 5.75 Å². The lowest BCUT2D eigenvalue weighted by Gasteiger charge is -2.10. The van der Waals surface area contributed by atoms with E-state index in [1.807, 2.05) is 6.92 Å². The van der Waals surface area contributed by atoms with Crippen LogP contribution in [0.15, 0.2) is 33.8 Å². The van der Waals surface area contributed by atoms with Gasteiger partial charge in [0.15, 0.2) is 18.4 Å². The topological polar surface area (TPSA) is 84.6 Å². The average Bonchev–Trinajstić information content (AvgIpc) is 3.01. The predicted octanol–water partition coefficient (Wildman–Crippen LogP) is 2.57. The van der Waals surface area contributed by atoms with Crippen molar-refractivity contribution in [1.82, 2.24) is 20.8 Å². The molecule has 26 heavy (non-hydrogen) atoms. The maximum absolute atomic E-state index is 12.1. The van der Waals surface area contributed by atoms with Crippen LogP contribution in [0.1, 0.15) is 24.2 Å². The van der Waals surface area contributed by atoms with Crippen LogP contribution in [0.2, 0.25) is 0 Å². The fourth-order valence-corrected chi connectivity index (χ4v) is 1.94. The molecule has 0 fully saturated rings. The van der Waals surface area contributed by atoms with E-state index in [0.29, 0.717) is 37.3 Å². The number of ether oxygens (including phenoxy) is 1. The van der Waals surface area contributed by atoms with Gasteiger partial charge in [0.25, 0.3) is 0 Å². The van der Waals surface area contributed by atoms with Crippen LogP contribution in [0.3, 0.4) is 0 Å². The molecule has 0 atom stereocenters. The van der Waals surface area contributed by atoms with Crippen molar-refractivity contribution in [2.24, 2.45) is 4.99 Å². The molecule has 0 spiro atoms. The number of aromatic nitrogens is 2. The van der Waals surface area contributed by atoms with Gasteiger partial charge in [-0.1, -0.05) is 17.3 Å². The number of benzene rings is 1. The molecule has 0 saturated heterocycles. The smallest absolute Gasteiger partial charge is 0.422 e. The fourth-order valence-electron chi connectivity index (χ4n) is 1.94. The summed E-state index contributed by atoms with van der Waals surface area (Å²) in [5, 5.41) is 9.94. The zero-order valence-electron chi connectivity index (χ0n) is 14.4. The summed E-state index contributed by atoms with van der Waals surface area (Å²) >= 11 is 0. The Labute approximate surface area is 148 Å². The molecule has 1 aromatic carbocycles. The van der Waals surface area contributed by atoms with Crippen LogP contribution < -0.4 is 15.4 Å². The first-order chi connectivity index (χ1) is 12.4. The molecule has 0 radical (unpaired) electrons. The third-order valence-corrected chi connectivity index (χ3v) is 3.07. The largest absolute Gasteiger partial charge is 0.484 e. The molecule has 7 nitrogen and oxygen atoms in total. The molecule has 2 rings (SSSR count). The minimum Gasteiger partial charge on any atom is -0.484 e. The first-order valence-electron chi connectivity index (χ1n) is 7.95. The van der Waals surface area contributed by atoms with Crippen LogP contribution >= 0.6 is 0 Å². The van der Waals surface area contributed by atoms with Crippen molar-refractivity contribution in [1.29, 1.82) is 0 Å². The van der Waals surface area contributed by atoms with Gasteiger partial charge in [-0.3, -0.25) is 0 Å². The number of hydrogen-bond acceptors (Lipinski definition) is 5. The minimum atomic E-state index is -4.35. The third-order valence-electron chi connectivity index (χ3n) is 3.07. The number of rotatable bonds is 7. The number of halogens is 3. The van der Waals surface area contributed by atoms with E-state index in [1.165, 1.54) is 12.1 Å². The van der Waals surface area contributed by atoms with E-state index < -0.39 is 12.8 Å². The Morgan fingerprint density at radius 1 is 1.23 bits per heavy atom. The van der Waals surface area contributed by atoms with Crippen molar-refractivity contribution >= 4 is 5.96 Å². The van der Waals surface area contributed by atoms with Gasteiger partial charge in [0.05, 0.1) is 13.1 Å². The Morgan fingerprint density at radius 2 is 1.96 bits per heavy atom. The Hall–Kier alpha value is -2.78. The molecule has 0 bridgehead atoms. The molecular formula is C16H20F3N5O2. The molecule has 0 aliphatic heterocycles. The number of aryl methyl sites for hydroxylation is 1. The number of nitrogens with one attached hydrogen (secondary N) is 2. The first kappa shape index (κ1) is 19.5. The van der Waals surface area contributed by atoms with Gasteiger partial charge in [-0.05, 0) is 24.6 Å². The molecule has 10 heteroatoms. The maximum Gasteiger partial charge on any atom is 0.422 e. The van der Waals surface area contributed by atoms with Gasteiger partial charge < -0.3 is 19.9 Å². The highest BCUT2D eigenvalue weighted by Crippen LogP contribution is 2.19. The van der Waals surface area contributed by atoms with Crippen molar-refractivity contribution in [3.63, 3.8) is 0 Å². The average molecular weight is 371 g/mol. The highest BCUT2D eigenvalue weighted by atomic mass is 19.4. The zero-order valence-corrected chi connectivity index (χ0v) is 14.4. The lowest BCUT2D eigenvalue weighted by Crippen LogP contribution is -2.37. The van der Waals surface area contributed by atoms with Gasteiger partial charge in [0.2, 0.25) is 5.89 Å². The second kappa shape index (κ2) is 9.07. The lowest BCUT2D eigenvalue weighted by molar-refractivity contribution is -0.153. The van der Waals surface area contributed by atoms with Gasteiger partial charge >= 0.3 is 6.18 Å². The molecule has 2 N–H and O–H groups in total. The molecule has 1 heterocycles. The monoisotopic (exact) mass is 371 g/mol. The molecular weight excluding hydrogens is 351 g/mol. The van der Waals surface area contributed by atoms with E-state index in [1.54, 1.807) is 19.1 Å². The highest BCUT2D eigenvalue weighted by molar-refractivity contribution is 5.79. The standard InChI is InChI=1S/C16H20F3N5O2/c1-3-20-15(22-9-14-23-11(2)26-24-14)21-8-12-4-6-13(7-5-12)25-10-16(17,18)19/h4-7H,3,8-10H2,1-2H3,(H2,20,21,22). The van der Waals surface area contributed by atoms with E-state index in [0.717, 1.165) is 5.56 Å². The normalized spacial score (nSPS) is 12.1. The van der Waals surface area contributed by atoms with Gasteiger partial charge in [-0.15, -0.1) is 0 Å². The predicted molar refractivity (Wildman–Crippen MR) is 88.7 cm³/mol. The quantitative estimate of drug-likeness (QED) is 0.575.